The lowest BCUT2D eigenvalue weighted by Crippen LogP contribution is -2.47. The molecule has 26 heavy (non-hydrogen) atoms. The Morgan fingerprint density at radius 1 is 1.08 bits per heavy atom. The van der Waals surface area contributed by atoms with Crippen LogP contribution >= 0.6 is 0 Å². The molecule has 0 saturated carbocycles. The third-order valence-corrected chi connectivity index (χ3v) is 3.40. The average molecular weight is 364 g/mol. The van der Waals surface area contributed by atoms with Gasteiger partial charge in [-0.1, -0.05) is 6.07 Å². The van der Waals surface area contributed by atoms with Crippen molar-refractivity contribution in [1.82, 2.24) is 10.9 Å². The lowest BCUT2D eigenvalue weighted by molar-refractivity contribution is -0.132. The quantitative estimate of drug-likeness (QED) is 0.770. The van der Waals surface area contributed by atoms with Gasteiger partial charge in [-0.3, -0.25) is 20.4 Å². The third kappa shape index (κ3) is 5.44. The molecule has 0 aliphatic rings. The smallest absolute Gasteiger partial charge is 0.279 e. The van der Waals surface area contributed by atoms with Gasteiger partial charge in [0.05, 0.1) is 13.5 Å². The molecule has 0 saturated heterocycles. The van der Waals surface area contributed by atoms with Gasteiger partial charge < -0.3 is 9.47 Å². The topological polar surface area (TPSA) is 76.7 Å². The van der Waals surface area contributed by atoms with Gasteiger partial charge in [0.1, 0.15) is 11.6 Å². The van der Waals surface area contributed by atoms with Crippen molar-refractivity contribution in [3.05, 3.63) is 59.7 Å². The Balaban J connectivity index is 1.81. The summed E-state index contributed by atoms with van der Waals surface area (Å²) in [6, 6.07) is 9.32. The zero-order valence-corrected chi connectivity index (χ0v) is 14.2. The van der Waals surface area contributed by atoms with E-state index in [0.717, 1.165) is 0 Å². The largest absolute Gasteiger partial charge is 0.494 e. The van der Waals surface area contributed by atoms with Crippen molar-refractivity contribution in [2.45, 2.75) is 19.4 Å². The number of amides is 2. The molecule has 2 aromatic carbocycles. The number of methoxy groups -OCH3 is 1. The van der Waals surface area contributed by atoms with E-state index in [2.05, 4.69) is 10.9 Å². The summed E-state index contributed by atoms with van der Waals surface area (Å²) in [5, 5.41) is 0. The molecule has 2 N–H and O–H groups in total. The van der Waals surface area contributed by atoms with Crippen LogP contribution in [0, 0.1) is 11.6 Å². The fraction of sp³-hybridized carbons (Fsp3) is 0.222. The van der Waals surface area contributed by atoms with E-state index in [0.29, 0.717) is 11.3 Å². The molecule has 2 amide bonds. The highest BCUT2D eigenvalue weighted by atomic mass is 19.1. The van der Waals surface area contributed by atoms with Crippen molar-refractivity contribution in [3.8, 4) is 11.5 Å². The minimum atomic E-state index is -0.917. The highest BCUT2D eigenvalue weighted by Gasteiger charge is 2.16. The Hall–Kier alpha value is -3.16. The fourth-order valence-electron chi connectivity index (χ4n) is 2.05. The van der Waals surface area contributed by atoms with E-state index in [9.17, 15) is 18.4 Å². The van der Waals surface area contributed by atoms with Crippen LogP contribution in [-0.4, -0.2) is 25.0 Å². The Labute approximate surface area is 149 Å². The highest BCUT2D eigenvalue weighted by Crippen LogP contribution is 2.17. The summed E-state index contributed by atoms with van der Waals surface area (Å²) < 4.78 is 36.5. The average Bonchev–Trinajstić information content (AvgIpc) is 2.61. The number of ether oxygens (including phenoxy) is 2. The molecule has 0 unspecified atom stereocenters. The second-order valence-corrected chi connectivity index (χ2v) is 5.40. The van der Waals surface area contributed by atoms with Crippen LogP contribution in [0.15, 0.2) is 42.5 Å². The Kier molecular flexibility index (Phi) is 6.48. The molecule has 0 heterocycles. The van der Waals surface area contributed by atoms with E-state index in [1.54, 1.807) is 6.07 Å². The van der Waals surface area contributed by atoms with Gasteiger partial charge in [-0.15, -0.1) is 0 Å². The van der Waals surface area contributed by atoms with Crippen LogP contribution in [-0.2, 0) is 16.0 Å². The summed E-state index contributed by atoms with van der Waals surface area (Å²) in [6.07, 6.45) is -1.05. The molecule has 0 bridgehead atoms. The maximum absolute atomic E-state index is 13.6. The number of carbonyl (C=O) groups excluding carboxylic acids is 2. The Bertz CT molecular complexity index is 781. The zero-order valence-electron chi connectivity index (χ0n) is 14.2. The van der Waals surface area contributed by atoms with Gasteiger partial charge in [-0.2, -0.15) is 0 Å². The molecule has 0 spiro atoms. The zero-order chi connectivity index (χ0) is 19.1. The van der Waals surface area contributed by atoms with Crippen molar-refractivity contribution in [2.75, 3.05) is 7.11 Å². The normalized spacial score (nSPS) is 11.4. The molecule has 2 aromatic rings. The van der Waals surface area contributed by atoms with Crippen molar-refractivity contribution >= 4 is 11.8 Å². The summed E-state index contributed by atoms with van der Waals surface area (Å²) in [6.45, 7) is 1.48. The number of hydrazine groups is 1. The second kappa shape index (κ2) is 8.80. The first-order valence-electron chi connectivity index (χ1n) is 7.72. The summed E-state index contributed by atoms with van der Waals surface area (Å²) in [5.74, 6) is -1.73. The van der Waals surface area contributed by atoms with E-state index < -0.39 is 29.6 Å². The van der Waals surface area contributed by atoms with Gasteiger partial charge in [0.15, 0.2) is 17.7 Å². The first kappa shape index (κ1) is 19.2. The third-order valence-electron chi connectivity index (χ3n) is 3.40. The number of hydrogen-bond donors (Lipinski definition) is 2. The molecule has 0 aromatic heterocycles. The maximum Gasteiger partial charge on any atom is 0.279 e. The molecule has 0 radical (unpaired) electrons. The van der Waals surface area contributed by atoms with Gasteiger partial charge >= 0.3 is 0 Å². The predicted molar refractivity (Wildman–Crippen MR) is 89.4 cm³/mol. The van der Waals surface area contributed by atoms with Gasteiger partial charge in [0, 0.05) is 0 Å². The number of nitrogens with one attached hydrogen (secondary N) is 2. The Morgan fingerprint density at radius 2 is 1.77 bits per heavy atom. The van der Waals surface area contributed by atoms with Gasteiger partial charge in [-0.25, -0.2) is 8.78 Å². The first-order chi connectivity index (χ1) is 12.4. The second-order valence-electron chi connectivity index (χ2n) is 5.40. The minimum Gasteiger partial charge on any atom is -0.494 e. The molecule has 0 fully saturated rings. The van der Waals surface area contributed by atoms with E-state index in [-0.39, 0.29) is 12.2 Å². The van der Waals surface area contributed by atoms with Gasteiger partial charge in [-0.05, 0) is 48.9 Å². The van der Waals surface area contributed by atoms with Crippen LogP contribution in [0.25, 0.3) is 0 Å². The number of carbonyl (C=O) groups is 2. The van der Waals surface area contributed by atoms with Gasteiger partial charge in [0.25, 0.3) is 5.91 Å². The van der Waals surface area contributed by atoms with Crippen molar-refractivity contribution in [3.63, 3.8) is 0 Å². The molecule has 0 aliphatic heterocycles. The fourth-order valence-corrected chi connectivity index (χ4v) is 2.05. The number of benzene rings is 2. The lowest BCUT2D eigenvalue weighted by Gasteiger charge is -2.15. The van der Waals surface area contributed by atoms with Gasteiger partial charge in [0.2, 0.25) is 5.91 Å². The molecule has 138 valence electrons. The molecule has 8 heteroatoms. The van der Waals surface area contributed by atoms with Crippen LogP contribution in [0.2, 0.25) is 0 Å². The molecular formula is C18H18F2N2O4. The van der Waals surface area contributed by atoms with E-state index in [1.807, 2.05) is 0 Å². The molecule has 2 rings (SSSR count). The SMILES string of the molecule is COc1ccc(CC(=O)NNC(=O)[C@H](C)Oc2ccc(F)cc2)cc1F. The summed E-state index contributed by atoms with van der Waals surface area (Å²) in [5.41, 5.74) is 4.86. The maximum atomic E-state index is 13.6. The van der Waals surface area contributed by atoms with Crippen LogP contribution in [0.4, 0.5) is 8.78 Å². The monoisotopic (exact) mass is 364 g/mol. The van der Waals surface area contributed by atoms with Crippen molar-refractivity contribution < 1.29 is 27.8 Å². The molecule has 6 nitrogen and oxygen atoms in total. The van der Waals surface area contributed by atoms with E-state index >= 15 is 0 Å². The van der Waals surface area contributed by atoms with Crippen molar-refractivity contribution in [2.24, 2.45) is 0 Å². The van der Waals surface area contributed by atoms with Crippen LogP contribution in [0.1, 0.15) is 12.5 Å². The summed E-state index contributed by atoms with van der Waals surface area (Å²) in [7, 11) is 1.34. The standard InChI is InChI=1S/C18H18F2N2O4/c1-11(26-14-6-4-13(19)5-7-14)18(24)22-21-17(23)10-12-3-8-16(25-2)15(20)9-12/h3-9,11H,10H2,1-2H3,(H,21,23)(H,22,24)/t11-/m0/s1. The predicted octanol–water partition coefficient (Wildman–Crippen LogP) is 2.13. The minimum absolute atomic E-state index is 0.0780. The van der Waals surface area contributed by atoms with E-state index in [4.69, 9.17) is 9.47 Å². The van der Waals surface area contributed by atoms with Crippen LogP contribution in [0.3, 0.4) is 0 Å². The lowest BCUT2D eigenvalue weighted by atomic mass is 10.1. The highest BCUT2D eigenvalue weighted by molar-refractivity contribution is 5.85. The Morgan fingerprint density at radius 3 is 2.38 bits per heavy atom. The summed E-state index contributed by atoms with van der Waals surface area (Å²) >= 11 is 0. The molecular weight excluding hydrogens is 346 g/mol. The van der Waals surface area contributed by atoms with E-state index in [1.165, 1.54) is 50.4 Å². The van der Waals surface area contributed by atoms with Crippen LogP contribution in [0.5, 0.6) is 11.5 Å². The molecule has 1 atom stereocenters. The number of hydrogen-bond acceptors (Lipinski definition) is 4. The number of halogens is 2. The molecule has 0 aliphatic carbocycles. The summed E-state index contributed by atoms with van der Waals surface area (Å²) in [4.78, 5) is 23.7. The first-order valence-corrected chi connectivity index (χ1v) is 7.72. The number of rotatable bonds is 6. The van der Waals surface area contributed by atoms with Crippen LogP contribution < -0.4 is 20.3 Å². The van der Waals surface area contributed by atoms with Crippen molar-refractivity contribution in [1.29, 1.82) is 0 Å².